The van der Waals surface area contributed by atoms with Crippen LogP contribution in [0.4, 0.5) is 4.79 Å². The van der Waals surface area contributed by atoms with Crippen molar-refractivity contribution in [3.8, 4) is 5.75 Å². The first-order chi connectivity index (χ1) is 16.9. The molecular weight excluding hydrogens is 530 g/mol. The molecule has 8 heteroatoms. The molecule has 3 aromatic carbocycles. The van der Waals surface area contributed by atoms with Crippen LogP contribution in [0.15, 0.2) is 82.2 Å². The molecule has 0 atom stereocenters. The molecule has 0 bridgehead atoms. The Morgan fingerprint density at radius 1 is 1.00 bits per heavy atom. The molecule has 0 aromatic heterocycles. The molecule has 1 aliphatic rings. The molecular formula is C27H22BrNO5S. The molecule has 0 aliphatic carbocycles. The third-order valence-electron chi connectivity index (χ3n) is 5.39. The Balaban J connectivity index is 1.37. The lowest BCUT2D eigenvalue weighted by Gasteiger charge is -2.12. The van der Waals surface area contributed by atoms with Crippen LogP contribution in [0.2, 0.25) is 0 Å². The number of hydrogen-bond donors (Lipinski definition) is 1. The van der Waals surface area contributed by atoms with Crippen molar-refractivity contribution in [3.63, 3.8) is 0 Å². The van der Waals surface area contributed by atoms with Gasteiger partial charge in [0, 0.05) is 6.54 Å². The largest absolute Gasteiger partial charge is 0.488 e. The molecule has 4 rings (SSSR count). The van der Waals surface area contributed by atoms with Gasteiger partial charge in [-0.15, -0.1) is 0 Å². The van der Waals surface area contributed by atoms with Crippen molar-refractivity contribution in [3.05, 3.63) is 104 Å². The van der Waals surface area contributed by atoms with Crippen molar-refractivity contribution in [2.24, 2.45) is 0 Å². The van der Waals surface area contributed by atoms with Crippen LogP contribution >= 0.6 is 27.7 Å². The summed E-state index contributed by atoms with van der Waals surface area (Å²) in [6, 6.07) is 21.9. The number of aryl methyl sites for hydroxylation is 1. The highest BCUT2D eigenvalue weighted by Gasteiger charge is 2.34. The third kappa shape index (κ3) is 6.41. The summed E-state index contributed by atoms with van der Waals surface area (Å²) in [6.07, 6.45) is 3.21. The zero-order valence-corrected chi connectivity index (χ0v) is 21.1. The van der Waals surface area contributed by atoms with E-state index < -0.39 is 5.97 Å². The maximum absolute atomic E-state index is 12.8. The molecule has 35 heavy (non-hydrogen) atoms. The standard InChI is InChI=1S/C27H22BrNO5S/c28-22-15-19(11-12-23(22)34-17-20-8-4-10-21(14-20)26(31)32)16-24-25(30)29(27(33)35-24)13-5-9-18-6-2-1-3-7-18/h1-4,6-8,10-12,14-16H,5,9,13,17H2,(H,31,32)/b24-16+. The van der Waals surface area contributed by atoms with Crippen LogP contribution in [0.5, 0.6) is 5.75 Å². The maximum atomic E-state index is 12.8. The van der Waals surface area contributed by atoms with E-state index in [-0.39, 0.29) is 23.3 Å². The van der Waals surface area contributed by atoms with E-state index in [9.17, 15) is 14.4 Å². The first-order valence-electron chi connectivity index (χ1n) is 10.9. The Morgan fingerprint density at radius 2 is 1.77 bits per heavy atom. The molecule has 1 N–H and O–H groups in total. The Labute approximate surface area is 215 Å². The highest BCUT2D eigenvalue weighted by Crippen LogP contribution is 2.34. The van der Waals surface area contributed by atoms with Crippen molar-refractivity contribution in [2.75, 3.05) is 6.54 Å². The van der Waals surface area contributed by atoms with Crippen molar-refractivity contribution in [1.82, 2.24) is 4.90 Å². The lowest BCUT2D eigenvalue weighted by molar-refractivity contribution is -0.122. The fraction of sp³-hybridized carbons (Fsp3) is 0.148. The van der Waals surface area contributed by atoms with Gasteiger partial charge in [0.15, 0.2) is 0 Å². The number of imide groups is 1. The molecule has 0 saturated carbocycles. The summed E-state index contributed by atoms with van der Waals surface area (Å²) in [5, 5.41) is 8.87. The Morgan fingerprint density at radius 3 is 2.51 bits per heavy atom. The Kier molecular flexibility index (Phi) is 8.05. The Hall–Kier alpha value is -3.36. The summed E-state index contributed by atoms with van der Waals surface area (Å²) < 4.78 is 6.51. The second-order valence-electron chi connectivity index (χ2n) is 7.91. The fourth-order valence-electron chi connectivity index (χ4n) is 3.61. The first kappa shape index (κ1) is 24.8. The van der Waals surface area contributed by atoms with Crippen molar-refractivity contribution in [2.45, 2.75) is 19.4 Å². The predicted octanol–water partition coefficient (Wildman–Crippen LogP) is 6.40. The lowest BCUT2D eigenvalue weighted by Crippen LogP contribution is -2.29. The van der Waals surface area contributed by atoms with Gasteiger partial charge in [-0.1, -0.05) is 48.5 Å². The molecule has 1 fully saturated rings. The molecule has 1 saturated heterocycles. The number of carbonyl (C=O) groups is 3. The van der Waals surface area contributed by atoms with Gasteiger partial charge in [0.05, 0.1) is 14.9 Å². The van der Waals surface area contributed by atoms with Crippen LogP contribution in [-0.2, 0) is 17.8 Å². The normalized spacial score (nSPS) is 14.5. The number of rotatable bonds is 9. The lowest BCUT2D eigenvalue weighted by atomic mass is 10.1. The minimum atomic E-state index is -0.988. The number of thioether (sulfide) groups is 1. The van der Waals surface area contributed by atoms with Crippen molar-refractivity contribution >= 4 is 50.9 Å². The minimum absolute atomic E-state index is 0.203. The van der Waals surface area contributed by atoms with E-state index in [1.165, 1.54) is 16.5 Å². The number of amides is 2. The number of aromatic carboxylic acids is 1. The maximum Gasteiger partial charge on any atom is 0.335 e. The van der Waals surface area contributed by atoms with Crippen LogP contribution < -0.4 is 4.74 Å². The predicted molar refractivity (Wildman–Crippen MR) is 139 cm³/mol. The van der Waals surface area contributed by atoms with Gasteiger partial charge in [0.25, 0.3) is 11.1 Å². The molecule has 178 valence electrons. The molecule has 0 spiro atoms. The molecule has 0 unspecified atom stereocenters. The number of carboxylic acids is 1. The summed E-state index contributed by atoms with van der Waals surface area (Å²) in [5.41, 5.74) is 2.87. The van der Waals surface area contributed by atoms with Crippen LogP contribution in [0, 0.1) is 0 Å². The van der Waals surface area contributed by atoms with Crippen molar-refractivity contribution < 1.29 is 24.2 Å². The van der Waals surface area contributed by atoms with Gasteiger partial charge in [-0.05, 0) is 87.6 Å². The molecule has 1 heterocycles. The number of halogens is 1. The summed E-state index contributed by atoms with van der Waals surface area (Å²) in [6.45, 7) is 0.595. The molecule has 6 nitrogen and oxygen atoms in total. The van der Waals surface area contributed by atoms with Gasteiger partial charge < -0.3 is 9.84 Å². The van der Waals surface area contributed by atoms with E-state index in [0.717, 1.165) is 29.3 Å². The fourth-order valence-corrected chi connectivity index (χ4v) is 4.99. The average molecular weight is 552 g/mol. The first-order valence-corrected chi connectivity index (χ1v) is 12.6. The number of ether oxygens (including phenoxy) is 1. The third-order valence-corrected chi connectivity index (χ3v) is 6.91. The molecule has 3 aromatic rings. The highest BCUT2D eigenvalue weighted by molar-refractivity contribution is 9.10. The van der Waals surface area contributed by atoms with E-state index in [1.54, 1.807) is 36.4 Å². The van der Waals surface area contributed by atoms with E-state index in [2.05, 4.69) is 15.9 Å². The zero-order chi connectivity index (χ0) is 24.8. The number of carboxylic acid groups (broad SMARTS) is 1. The van der Waals surface area contributed by atoms with Crippen LogP contribution in [0.3, 0.4) is 0 Å². The summed E-state index contributed by atoms with van der Waals surface area (Å²) >= 11 is 4.43. The second kappa shape index (κ2) is 11.4. The van der Waals surface area contributed by atoms with E-state index in [4.69, 9.17) is 9.84 Å². The van der Waals surface area contributed by atoms with Crippen LogP contribution in [0.25, 0.3) is 6.08 Å². The second-order valence-corrected chi connectivity index (χ2v) is 9.75. The topological polar surface area (TPSA) is 83.9 Å². The number of hydrogen-bond acceptors (Lipinski definition) is 5. The van der Waals surface area contributed by atoms with Gasteiger partial charge in [0.2, 0.25) is 0 Å². The smallest absolute Gasteiger partial charge is 0.335 e. The summed E-state index contributed by atoms with van der Waals surface area (Å²) in [4.78, 5) is 38.0. The molecule has 1 aliphatic heterocycles. The zero-order valence-electron chi connectivity index (χ0n) is 18.6. The molecule has 2 amide bonds. The number of carbonyl (C=O) groups excluding carboxylic acids is 2. The molecule has 0 radical (unpaired) electrons. The quantitative estimate of drug-likeness (QED) is 0.310. The monoisotopic (exact) mass is 551 g/mol. The Bertz CT molecular complexity index is 1290. The van der Waals surface area contributed by atoms with Gasteiger partial charge in [0.1, 0.15) is 12.4 Å². The van der Waals surface area contributed by atoms with E-state index >= 15 is 0 Å². The summed E-state index contributed by atoms with van der Waals surface area (Å²) in [7, 11) is 0. The minimum Gasteiger partial charge on any atom is -0.488 e. The number of nitrogens with zero attached hydrogens (tertiary/aromatic N) is 1. The van der Waals surface area contributed by atoms with Crippen LogP contribution in [0.1, 0.15) is 33.5 Å². The van der Waals surface area contributed by atoms with Gasteiger partial charge >= 0.3 is 5.97 Å². The van der Waals surface area contributed by atoms with E-state index in [1.807, 2.05) is 36.4 Å². The van der Waals surface area contributed by atoms with E-state index in [0.29, 0.717) is 28.1 Å². The SMILES string of the molecule is O=C(O)c1cccc(COc2ccc(/C=C3/SC(=O)N(CCCc4ccccc4)C3=O)cc2Br)c1. The van der Waals surface area contributed by atoms with Crippen LogP contribution in [-0.4, -0.2) is 33.7 Å². The van der Waals surface area contributed by atoms with Crippen molar-refractivity contribution in [1.29, 1.82) is 0 Å². The number of benzene rings is 3. The van der Waals surface area contributed by atoms with Gasteiger partial charge in [-0.25, -0.2) is 4.79 Å². The van der Waals surface area contributed by atoms with Gasteiger partial charge in [-0.3, -0.25) is 14.5 Å². The van der Waals surface area contributed by atoms with Gasteiger partial charge in [-0.2, -0.15) is 0 Å². The highest BCUT2D eigenvalue weighted by atomic mass is 79.9. The average Bonchev–Trinajstić information content (AvgIpc) is 3.11. The summed E-state index contributed by atoms with van der Waals surface area (Å²) in [5.74, 6) is -0.683.